The molecule has 0 bridgehead atoms. The van der Waals surface area contributed by atoms with Crippen molar-refractivity contribution in [1.82, 2.24) is 5.32 Å². The largest absolute Gasteiger partial charge is 0.459 e. The number of allylic oxidation sites excluding steroid dienone is 1. The van der Waals surface area contributed by atoms with Gasteiger partial charge in [-0.2, -0.15) is 0 Å². The van der Waals surface area contributed by atoms with Crippen molar-refractivity contribution in [1.29, 1.82) is 0 Å². The molecule has 0 aromatic rings. The van der Waals surface area contributed by atoms with Crippen LogP contribution in [-0.4, -0.2) is 35.0 Å². The summed E-state index contributed by atoms with van der Waals surface area (Å²) >= 11 is 0. The molecule has 178 valence electrons. The minimum absolute atomic E-state index is 0.0359. The Morgan fingerprint density at radius 3 is 2.12 bits per heavy atom. The Morgan fingerprint density at radius 1 is 0.906 bits per heavy atom. The number of hydrogen-bond donors (Lipinski definition) is 1. The van der Waals surface area contributed by atoms with Crippen LogP contribution in [0, 0.1) is 5.92 Å². The van der Waals surface area contributed by atoms with Gasteiger partial charge in [0.2, 0.25) is 5.88 Å². The molecule has 3 aliphatic rings. The molecule has 32 heavy (non-hydrogen) atoms. The number of carbonyl (C=O) groups excluding carboxylic acids is 3. The quantitative estimate of drug-likeness (QED) is 0.636. The van der Waals surface area contributed by atoms with E-state index in [0.29, 0.717) is 25.0 Å². The highest BCUT2D eigenvalue weighted by atomic mass is 16.6. The summed E-state index contributed by atoms with van der Waals surface area (Å²) in [6.07, 6.45) is 6.78. The molecule has 3 rings (SSSR count). The van der Waals surface area contributed by atoms with Gasteiger partial charge in [0.1, 0.15) is 28.5 Å². The normalized spacial score (nSPS) is 22.8. The zero-order chi connectivity index (χ0) is 23.7. The van der Waals surface area contributed by atoms with Crippen molar-refractivity contribution in [3.63, 3.8) is 0 Å². The number of esters is 2. The SMILES string of the molecule is CC(C)(C)OC(=O)C1=C(NC2CCCCC2)OC2=C(C(=O)CCC2)C1C(=O)OC(C)(C)C. The van der Waals surface area contributed by atoms with E-state index in [1.165, 1.54) is 6.42 Å². The van der Waals surface area contributed by atoms with Crippen molar-refractivity contribution in [3.8, 4) is 0 Å². The number of carbonyl (C=O) groups is 3. The van der Waals surface area contributed by atoms with Crippen LogP contribution in [0.25, 0.3) is 0 Å². The van der Waals surface area contributed by atoms with Gasteiger partial charge in [0.25, 0.3) is 0 Å². The van der Waals surface area contributed by atoms with Gasteiger partial charge in [0, 0.05) is 18.9 Å². The molecule has 0 amide bonds. The number of hydrogen-bond acceptors (Lipinski definition) is 7. The van der Waals surface area contributed by atoms with Crippen molar-refractivity contribution >= 4 is 17.7 Å². The van der Waals surface area contributed by atoms with Crippen LogP contribution in [0.2, 0.25) is 0 Å². The second kappa shape index (κ2) is 9.28. The minimum Gasteiger partial charge on any atom is -0.459 e. The third kappa shape index (κ3) is 5.93. The molecule has 0 aromatic carbocycles. The first-order chi connectivity index (χ1) is 14.9. The summed E-state index contributed by atoms with van der Waals surface area (Å²) in [5, 5.41) is 3.37. The first kappa shape index (κ1) is 24.3. The fraction of sp³-hybridized carbons (Fsp3) is 0.720. The summed E-state index contributed by atoms with van der Waals surface area (Å²) in [5.41, 5.74) is -1.28. The van der Waals surface area contributed by atoms with Crippen LogP contribution in [-0.2, 0) is 28.6 Å². The average Bonchev–Trinajstić information content (AvgIpc) is 2.65. The zero-order valence-electron chi connectivity index (χ0n) is 20.3. The van der Waals surface area contributed by atoms with Gasteiger partial charge in [0.05, 0.1) is 5.57 Å². The van der Waals surface area contributed by atoms with E-state index < -0.39 is 29.1 Å². The average molecular weight is 448 g/mol. The second-order valence-corrected chi connectivity index (χ2v) is 10.9. The van der Waals surface area contributed by atoms with Crippen molar-refractivity contribution < 1.29 is 28.6 Å². The monoisotopic (exact) mass is 447 g/mol. The third-order valence-corrected chi connectivity index (χ3v) is 5.66. The van der Waals surface area contributed by atoms with E-state index in [4.69, 9.17) is 14.2 Å². The number of Topliss-reactive ketones (excluding diaryl/α,β-unsaturated/α-hetero) is 1. The van der Waals surface area contributed by atoms with E-state index in [1.54, 1.807) is 41.5 Å². The number of nitrogens with one attached hydrogen (secondary N) is 1. The molecule has 1 heterocycles. The van der Waals surface area contributed by atoms with Crippen molar-refractivity contribution in [2.24, 2.45) is 5.92 Å². The smallest absolute Gasteiger partial charge is 0.341 e. The number of ketones is 1. The van der Waals surface area contributed by atoms with Crippen molar-refractivity contribution in [2.45, 2.75) is 110 Å². The van der Waals surface area contributed by atoms with E-state index in [-0.39, 0.29) is 28.9 Å². The van der Waals surface area contributed by atoms with Crippen molar-refractivity contribution in [3.05, 3.63) is 22.8 Å². The molecule has 7 heteroatoms. The zero-order valence-corrected chi connectivity index (χ0v) is 20.3. The predicted molar refractivity (Wildman–Crippen MR) is 119 cm³/mol. The van der Waals surface area contributed by atoms with Gasteiger partial charge in [-0.15, -0.1) is 0 Å². The Labute approximate surface area is 190 Å². The van der Waals surface area contributed by atoms with Crippen molar-refractivity contribution in [2.75, 3.05) is 0 Å². The van der Waals surface area contributed by atoms with E-state index in [1.807, 2.05) is 0 Å². The molecule has 0 aromatic heterocycles. The molecule has 1 fully saturated rings. The molecule has 1 atom stereocenters. The molecule has 0 spiro atoms. The fourth-order valence-electron chi connectivity index (χ4n) is 4.40. The molecule has 2 aliphatic carbocycles. The third-order valence-electron chi connectivity index (χ3n) is 5.66. The standard InChI is InChI=1S/C25H37NO6/c1-24(2,3)31-22(28)19-18-16(27)13-10-14-17(18)30-21(26-15-11-8-7-9-12-15)20(19)23(29)32-25(4,5)6/h15,19,26H,7-14H2,1-6H3. The van der Waals surface area contributed by atoms with Gasteiger partial charge in [-0.3, -0.25) is 9.59 Å². The van der Waals surface area contributed by atoms with Gasteiger partial charge < -0.3 is 19.5 Å². The Bertz CT molecular complexity index is 833. The Kier molecular flexibility index (Phi) is 7.06. The molecule has 0 radical (unpaired) electrons. The summed E-state index contributed by atoms with van der Waals surface area (Å²) in [7, 11) is 0. The lowest BCUT2D eigenvalue weighted by molar-refractivity contribution is -0.162. The highest BCUT2D eigenvalue weighted by Gasteiger charge is 2.47. The lowest BCUT2D eigenvalue weighted by Crippen LogP contribution is -2.43. The number of rotatable bonds is 4. The summed E-state index contributed by atoms with van der Waals surface area (Å²) in [4.78, 5) is 39.7. The van der Waals surface area contributed by atoms with E-state index in [2.05, 4.69) is 5.32 Å². The first-order valence-electron chi connectivity index (χ1n) is 11.8. The van der Waals surface area contributed by atoms with Crippen LogP contribution in [0.5, 0.6) is 0 Å². The van der Waals surface area contributed by atoms with Crippen LogP contribution < -0.4 is 5.32 Å². The Morgan fingerprint density at radius 2 is 1.53 bits per heavy atom. The van der Waals surface area contributed by atoms with Crippen LogP contribution in [0.3, 0.4) is 0 Å². The maximum atomic E-state index is 13.4. The summed E-state index contributed by atoms with van der Waals surface area (Å²) in [6, 6.07) is 0.136. The maximum Gasteiger partial charge on any atom is 0.341 e. The van der Waals surface area contributed by atoms with E-state index in [9.17, 15) is 14.4 Å². The van der Waals surface area contributed by atoms with E-state index in [0.717, 1.165) is 25.7 Å². The summed E-state index contributed by atoms with van der Waals surface area (Å²) in [6.45, 7) is 10.6. The van der Waals surface area contributed by atoms with E-state index >= 15 is 0 Å². The molecule has 1 aliphatic heterocycles. The van der Waals surface area contributed by atoms with Gasteiger partial charge >= 0.3 is 11.9 Å². The Balaban J connectivity index is 2.09. The molecule has 1 saturated carbocycles. The topological polar surface area (TPSA) is 90.9 Å². The highest BCUT2D eigenvalue weighted by Crippen LogP contribution is 2.41. The molecule has 1 N–H and O–H groups in total. The first-order valence-corrected chi connectivity index (χ1v) is 11.8. The second-order valence-electron chi connectivity index (χ2n) is 10.9. The van der Waals surface area contributed by atoms with Crippen LogP contribution in [0.1, 0.15) is 92.9 Å². The van der Waals surface area contributed by atoms with Gasteiger partial charge in [-0.05, 0) is 60.8 Å². The predicted octanol–water partition coefficient (Wildman–Crippen LogP) is 4.46. The van der Waals surface area contributed by atoms with Gasteiger partial charge in [-0.1, -0.05) is 19.3 Å². The molecule has 0 saturated heterocycles. The fourth-order valence-corrected chi connectivity index (χ4v) is 4.40. The highest BCUT2D eigenvalue weighted by molar-refractivity contribution is 6.08. The minimum atomic E-state index is -1.16. The maximum absolute atomic E-state index is 13.4. The lowest BCUT2D eigenvalue weighted by atomic mass is 9.80. The number of ether oxygens (including phenoxy) is 3. The summed E-state index contributed by atoms with van der Waals surface area (Å²) in [5.74, 6) is -1.95. The summed E-state index contributed by atoms with van der Waals surface area (Å²) < 4.78 is 17.5. The lowest BCUT2D eigenvalue weighted by Gasteiger charge is -2.36. The molecular formula is C25H37NO6. The van der Waals surface area contributed by atoms with Crippen LogP contribution in [0.15, 0.2) is 22.8 Å². The van der Waals surface area contributed by atoms with Crippen LogP contribution >= 0.6 is 0 Å². The molecule has 1 unspecified atom stereocenters. The van der Waals surface area contributed by atoms with Gasteiger partial charge in [-0.25, -0.2) is 4.79 Å². The molecule has 7 nitrogen and oxygen atoms in total. The van der Waals surface area contributed by atoms with Crippen LogP contribution in [0.4, 0.5) is 0 Å². The molecular weight excluding hydrogens is 410 g/mol. The van der Waals surface area contributed by atoms with Gasteiger partial charge in [0.15, 0.2) is 5.78 Å². The Hall–Kier alpha value is -2.31.